The quantitative estimate of drug-likeness (QED) is 0.0254. The van der Waals surface area contributed by atoms with Gasteiger partial charge in [0, 0.05) is 12.8 Å². The number of primary amides is 2. The number of rotatable bonds is 39. The van der Waals surface area contributed by atoms with E-state index in [2.05, 4.69) is 53.2 Å². The fourth-order valence-corrected chi connectivity index (χ4v) is 7.33. The lowest BCUT2D eigenvalue weighted by molar-refractivity contribution is -0.143. The normalized spacial score (nSPS) is 17.0. The summed E-state index contributed by atoms with van der Waals surface area (Å²) in [5, 5.41) is 92.7. The monoisotopic (exact) mass is 1190 g/mol. The summed E-state index contributed by atoms with van der Waals surface area (Å²) in [7, 11) is 0. The van der Waals surface area contributed by atoms with Gasteiger partial charge in [-0.3, -0.25) is 62.3 Å². The van der Waals surface area contributed by atoms with Crippen molar-refractivity contribution >= 4 is 82.8 Å². The van der Waals surface area contributed by atoms with Crippen molar-refractivity contribution < 1.29 is 103 Å². The highest BCUT2D eigenvalue weighted by Gasteiger charge is 2.39. The minimum atomic E-state index is -2.04. The third-order valence-corrected chi connectivity index (χ3v) is 12.3. The van der Waals surface area contributed by atoms with E-state index < -0.39 is 218 Å². The number of carbonyl (C=O) groups excluding carboxylic acids is 12. The number of unbranched alkanes of at least 4 members (excludes halogenated alkanes) is 1. The lowest BCUT2D eigenvalue weighted by Crippen LogP contribution is -2.64. The molecule has 0 bridgehead atoms. The summed E-state index contributed by atoms with van der Waals surface area (Å²) in [6.45, 7) is 9.51. The third kappa shape index (κ3) is 27.3. The first kappa shape index (κ1) is 75.3. The number of amides is 12. The Balaban J connectivity index is 6.43. The van der Waals surface area contributed by atoms with Crippen LogP contribution in [-0.2, 0) is 67.1 Å². The van der Waals surface area contributed by atoms with Gasteiger partial charge in [-0.15, -0.1) is 0 Å². The second-order valence-electron chi connectivity index (χ2n) is 20.1. The topological polar surface area (TPSA) is 605 Å². The predicted molar refractivity (Wildman–Crippen MR) is 286 cm³/mol. The van der Waals surface area contributed by atoms with Gasteiger partial charge in [0.1, 0.15) is 66.5 Å². The molecule has 35 nitrogen and oxygen atoms in total. The van der Waals surface area contributed by atoms with E-state index in [0.717, 1.165) is 34.6 Å². The lowest BCUT2D eigenvalue weighted by atomic mass is 10.0. The maximum absolute atomic E-state index is 13.8. The van der Waals surface area contributed by atoms with Gasteiger partial charge in [0.2, 0.25) is 70.9 Å². The maximum Gasteiger partial charge on any atom is 0.326 e. The van der Waals surface area contributed by atoms with Crippen LogP contribution < -0.4 is 76.1 Å². The molecule has 0 spiro atoms. The number of aliphatic carboxylic acids is 2. The van der Waals surface area contributed by atoms with E-state index in [1.807, 2.05) is 0 Å². The number of nitrogens with two attached hydrogens (primary N) is 4. The maximum atomic E-state index is 13.8. The van der Waals surface area contributed by atoms with Gasteiger partial charge in [0.15, 0.2) is 0 Å². The number of hydrogen-bond donors (Lipinski definition) is 21. The molecular weight excluding hydrogens is 1110 g/mol. The SMILES string of the molecule is CC(C)[C@H](NC(=O)[C@@H](N)[C@@H](C)O)C(=O)N[C@@H](CCC(=O)O)C(=O)N[C@@H](CCC(N)=O)C(=O)N[C@H](C(=O)N[C@@H](C)C(=O)N[C@H](C(=O)N[C@H](C(=O)N[C@H](C(=O)N[C@@H](CC(N)=O)C(=O)N[C@@H](CCCCN)C(=O)O)[C@@H](C)O)[C@@H](C)O)[C@@H](C)O)[C@@H](C)O. The van der Waals surface area contributed by atoms with Crippen LogP contribution in [0.25, 0.3) is 0 Å². The zero-order valence-electron chi connectivity index (χ0n) is 47.3. The van der Waals surface area contributed by atoms with Crippen molar-refractivity contribution in [2.75, 3.05) is 6.54 Å². The molecule has 0 aliphatic carbocycles. The van der Waals surface area contributed by atoms with Crippen LogP contribution in [0.4, 0.5) is 0 Å². The average molecular weight is 1190 g/mol. The standard InChI is InChI=1S/C48H84N14O21/c1-18(2)33(58-42(76)32(52)20(4)63)43(77)55-26(13-15-31(70)71)39(73)54-25(12-14-29(50)68)40(74)60-34(21(5)64)44(78)53-19(3)38(72)59-36(23(7)66)46(80)62-37(24(8)67)47(81)61-35(22(6)65)45(79)57-28(17-30(51)69)41(75)56-27(48(82)83)11-9-10-16-49/h18-28,32-37,63-67H,9-17,49,52H2,1-8H3,(H2,50,68)(H2,51,69)(H,53,78)(H,54,73)(H,55,77)(H,56,75)(H,57,79)(H,58,76)(H,59,72)(H,60,74)(H,61,81)(H,62,80)(H,70,71)(H,82,83)/t19-,20+,21+,22+,23+,24+,25-,26-,27-,28-,32-,33-,34-,35-,36-,37-/m0/s1. The Hall–Kier alpha value is -7.70. The molecule has 35 heteroatoms. The largest absolute Gasteiger partial charge is 0.481 e. The van der Waals surface area contributed by atoms with Crippen molar-refractivity contribution in [3.63, 3.8) is 0 Å². The number of carboxylic acids is 2. The van der Waals surface area contributed by atoms with Gasteiger partial charge >= 0.3 is 11.9 Å². The molecule has 472 valence electrons. The molecular formula is C48H84N14O21. The van der Waals surface area contributed by atoms with Gasteiger partial charge in [-0.2, -0.15) is 0 Å². The van der Waals surface area contributed by atoms with Gasteiger partial charge in [0.05, 0.1) is 36.9 Å². The molecule has 0 radical (unpaired) electrons. The summed E-state index contributed by atoms with van der Waals surface area (Å²) in [4.78, 5) is 181. The molecule has 0 aliphatic heterocycles. The number of hydrogen-bond acceptors (Lipinski definition) is 21. The molecule has 0 saturated carbocycles. The molecule has 0 fully saturated rings. The van der Waals surface area contributed by atoms with Gasteiger partial charge in [-0.1, -0.05) is 13.8 Å². The van der Waals surface area contributed by atoms with Gasteiger partial charge in [-0.25, -0.2) is 4.79 Å². The highest BCUT2D eigenvalue weighted by atomic mass is 16.4. The summed E-state index contributed by atoms with van der Waals surface area (Å²) < 4.78 is 0. The van der Waals surface area contributed by atoms with Gasteiger partial charge in [0.25, 0.3) is 0 Å². The molecule has 0 rings (SSSR count). The Labute approximate surface area is 477 Å². The Kier molecular flexibility index (Phi) is 33.3. The van der Waals surface area contributed by atoms with Crippen LogP contribution in [0.3, 0.4) is 0 Å². The Morgan fingerprint density at radius 1 is 0.373 bits per heavy atom. The molecule has 0 unspecified atom stereocenters. The third-order valence-electron chi connectivity index (χ3n) is 12.3. The van der Waals surface area contributed by atoms with Crippen molar-refractivity contribution in [2.24, 2.45) is 28.9 Å². The molecule has 12 amide bonds. The highest BCUT2D eigenvalue weighted by Crippen LogP contribution is 2.10. The molecule has 0 aliphatic rings. The summed E-state index contributed by atoms with van der Waals surface area (Å²) in [5.41, 5.74) is 21.7. The number of carbonyl (C=O) groups is 14. The van der Waals surface area contributed by atoms with Crippen molar-refractivity contribution in [1.29, 1.82) is 0 Å². The highest BCUT2D eigenvalue weighted by molar-refractivity contribution is 6.00. The lowest BCUT2D eigenvalue weighted by Gasteiger charge is -2.30. The minimum absolute atomic E-state index is 0.0868. The van der Waals surface area contributed by atoms with E-state index in [9.17, 15) is 103 Å². The van der Waals surface area contributed by atoms with Crippen LogP contribution in [0.2, 0.25) is 0 Å². The smallest absolute Gasteiger partial charge is 0.326 e. The Bertz CT molecular complexity index is 2290. The number of nitrogens with one attached hydrogen (secondary N) is 10. The second-order valence-corrected chi connectivity index (χ2v) is 20.1. The van der Waals surface area contributed by atoms with Gasteiger partial charge < -0.3 is 112 Å². The van der Waals surface area contributed by atoms with Crippen LogP contribution in [0.15, 0.2) is 0 Å². The fraction of sp³-hybridized carbons (Fsp3) is 0.708. The van der Waals surface area contributed by atoms with Crippen molar-refractivity contribution in [1.82, 2.24) is 53.2 Å². The summed E-state index contributed by atoms with van der Waals surface area (Å²) in [6.07, 6.45) is -11.3. The minimum Gasteiger partial charge on any atom is -0.481 e. The van der Waals surface area contributed by atoms with E-state index in [4.69, 9.17) is 22.9 Å². The Morgan fingerprint density at radius 3 is 1.12 bits per heavy atom. The van der Waals surface area contributed by atoms with Crippen LogP contribution in [0.5, 0.6) is 0 Å². The van der Waals surface area contributed by atoms with Crippen LogP contribution in [0, 0.1) is 5.92 Å². The molecule has 0 aromatic rings. The zero-order valence-corrected chi connectivity index (χ0v) is 47.3. The molecule has 16 atom stereocenters. The summed E-state index contributed by atoms with van der Waals surface area (Å²) in [5.74, 6) is -17.9. The molecule has 0 aromatic carbocycles. The van der Waals surface area contributed by atoms with Crippen LogP contribution in [-0.4, -0.2) is 222 Å². The van der Waals surface area contributed by atoms with E-state index in [1.54, 1.807) is 0 Å². The molecule has 0 aromatic heterocycles. The second kappa shape index (κ2) is 36.7. The van der Waals surface area contributed by atoms with E-state index in [0.29, 0.717) is 6.42 Å². The summed E-state index contributed by atoms with van der Waals surface area (Å²) >= 11 is 0. The van der Waals surface area contributed by atoms with Crippen LogP contribution in [0.1, 0.15) is 107 Å². The van der Waals surface area contributed by atoms with E-state index >= 15 is 0 Å². The number of carboxylic acid groups (broad SMARTS) is 2. The molecule has 0 saturated heterocycles. The molecule has 0 heterocycles. The van der Waals surface area contributed by atoms with Crippen molar-refractivity contribution in [2.45, 2.75) is 204 Å². The zero-order chi connectivity index (χ0) is 64.3. The van der Waals surface area contributed by atoms with Gasteiger partial charge in [-0.05, 0) is 86.1 Å². The average Bonchev–Trinajstić information content (AvgIpc) is 3.41. The van der Waals surface area contributed by atoms with Crippen molar-refractivity contribution in [3.05, 3.63) is 0 Å². The molecule has 83 heavy (non-hydrogen) atoms. The predicted octanol–water partition coefficient (Wildman–Crippen LogP) is -10.0. The molecule has 25 N–H and O–H groups in total. The van der Waals surface area contributed by atoms with Crippen molar-refractivity contribution in [3.8, 4) is 0 Å². The fourth-order valence-electron chi connectivity index (χ4n) is 7.33. The first-order valence-electron chi connectivity index (χ1n) is 26.3. The number of aliphatic hydroxyl groups is 5. The summed E-state index contributed by atoms with van der Waals surface area (Å²) in [6, 6.07) is -19.4. The van der Waals surface area contributed by atoms with E-state index in [1.165, 1.54) is 20.8 Å². The Morgan fingerprint density at radius 2 is 0.723 bits per heavy atom. The van der Waals surface area contributed by atoms with Crippen LogP contribution >= 0.6 is 0 Å². The first-order chi connectivity index (χ1) is 38.4. The van der Waals surface area contributed by atoms with E-state index in [-0.39, 0.29) is 19.4 Å². The number of aliphatic hydroxyl groups excluding tert-OH is 5. The first-order valence-corrected chi connectivity index (χ1v) is 26.3.